The molecule has 0 bridgehead atoms. The second-order valence-corrected chi connectivity index (χ2v) is 8.43. The molecule has 0 atom stereocenters. The summed E-state index contributed by atoms with van der Waals surface area (Å²) in [5.74, 6) is 1.75. The SMILES string of the molecule is CCN1CCN(CCNC(=NC)NCC2(CC(C)C)CCCC2)CC1. The van der Waals surface area contributed by atoms with Crippen LogP contribution in [0.4, 0.5) is 0 Å². The first kappa shape index (κ1) is 20.5. The summed E-state index contributed by atoms with van der Waals surface area (Å²) in [6, 6.07) is 0. The van der Waals surface area contributed by atoms with Gasteiger partial charge in [-0.3, -0.25) is 9.89 Å². The number of piperazine rings is 1. The molecule has 2 aliphatic rings. The van der Waals surface area contributed by atoms with E-state index in [0.29, 0.717) is 5.41 Å². The molecule has 1 saturated carbocycles. The normalized spacial score (nSPS) is 22.5. The molecule has 146 valence electrons. The van der Waals surface area contributed by atoms with Crippen LogP contribution in [0.2, 0.25) is 0 Å². The Labute approximate surface area is 155 Å². The van der Waals surface area contributed by atoms with Crippen LogP contribution in [0.25, 0.3) is 0 Å². The number of hydrogen-bond acceptors (Lipinski definition) is 3. The first-order chi connectivity index (χ1) is 12.1. The fourth-order valence-electron chi connectivity index (χ4n) is 4.60. The van der Waals surface area contributed by atoms with E-state index < -0.39 is 0 Å². The number of aliphatic imine (C=N–C) groups is 1. The summed E-state index contributed by atoms with van der Waals surface area (Å²) in [6.07, 6.45) is 6.86. The maximum absolute atomic E-state index is 4.43. The first-order valence-corrected chi connectivity index (χ1v) is 10.5. The van der Waals surface area contributed by atoms with Gasteiger partial charge < -0.3 is 15.5 Å². The number of nitrogens with zero attached hydrogens (tertiary/aromatic N) is 3. The third-order valence-corrected chi connectivity index (χ3v) is 5.99. The summed E-state index contributed by atoms with van der Waals surface area (Å²) in [4.78, 5) is 9.52. The van der Waals surface area contributed by atoms with Gasteiger partial charge in [0.25, 0.3) is 0 Å². The molecule has 0 spiro atoms. The van der Waals surface area contributed by atoms with Crippen molar-refractivity contribution in [1.29, 1.82) is 0 Å². The zero-order valence-corrected chi connectivity index (χ0v) is 17.1. The molecule has 0 unspecified atom stereocenters. The van der Waals surface area contributed by atoms with Gasteiger partial charge in [0, 0.05) is 52.9 Å². The van der Waals surface area contributed by atoms with Crippen LogP contribution in [0, 0.1) is 11.3 Å². The van der Waals surface area contributed by atoms with E-state index in [1.807, 2.05) is 7.05 Å². The Kier molecular flexibility index (Phi) is 8.50. The van der Waals surface area contributed by atoms with Crippen LogP contribution in [-0.2, 0) is 0 Å². The van der Waals surface area contributed by atoms with E-state index in [4.69, 9.17) is 0 Å². The van der Waals surface area contributed by atoms with Gasteiger partial charge in [0.15, 0.2) is 5.96 Å². The van der Waals surface area contributed by atoms with Gasteiger partial charge in [-0.1, -0.05) is 33.6 Å². The third-order valence-electron chi connectivity index (χ3n) is 5.99. The molecule has 1 aliphatic heterocycles. The summed E-state index contributed by atoms with van der Waals surface area (Å²) in [6.45, 7) is 16.1. The lowest BCUT2D eigenvalue weighted by Crippen LogP contribution is -2.49. The number of hydrogen-bond donors (Lipinski definition) is 2. The van der Waals surface area contributed by atoms with E-state index in [1.165, 1.54) is 64.8 Å². The first-order valence-electron chi connectivity index (χ1n) is 10.5. The molecule has 0 amide bonds. The van der Waals surface area contributed by atoms with Crippen molar-refractivity contribution in [3.63, 3.8) is 0 Å². The maximum atomic E-state index is 4.43. The molecule has 2 rings (SSSR count). The van der Waals surface area contributed by atoms with Crippen LogP contribution in [0.3, 0.4) is 0 Å². The zero-order valence-electron chi connectivity index (χ0n) is 17.1. The second-order valence-electron chi connectivity index (χ2n) is 8.43. The Hall–Kier alpha value is -0.810. The predicted molar refractivity (Wildman–Crippen MR) is 108 cm³/mol. The second kappa shape index (κ2) is 10.4. The standard InChI is InChI=1S/C20H41N5/c1-5-24-12-14-25(15-13-24)11-10-22-19(21-4)23-17-20(16-18(2)3)8-6-7-9-20/h18H,5-17H2,1-4H3,(H2,21,22,23). The Morgan fingerprint density at radius 1 is 1.04 bits per heavy atom. The van der Waals surface area contributed by atoms with Crippen LogP contribution in [0.15, 0.2) is 4.99 Å². The molecule has 25 heavy (non-hydrogen) atoms. The minimum atomic E-state index is 0.488. The molecule has 5 nitrogen and oxygen atoms in total. The van der Waals surface area contributed by atoms with Crippen molar-refractivity contribution in [2.45, 2.75) is 52.9 Å². The summed E-state index contributed by atoms with van der Waals surface area (Å²) in [7, 11) is 1.89. The Bertz CT molecular complexity index is 393. The van der Waals surface area contributed by atoms with Gasteiger partial charge in [-0.05, 0) is 37.1 Å². The molecule has 2 fully saturated rings. The average molecular weight is 352 g/mol. The van der Waals surface area contributed by atoms with Crippen molar-refractivity contribution in [3.05, 3.63) is 0 Å². The lowest BCUT2D eigenvalue weighted by Gasteiger charge is -2.34. The van der Waals surface area contributed by atoms with Crippen molar-refractivity contribution < 1.29 is 0 Å². The van der Waals surface area contributed by atoms with Crippen molar-refractivity contribution in [3.8, 4) is 0 Å². The number of likely N-dealkylation sites (N-methyl/N-ethyl adjacent to an activating group) is 1. The van der Waals surface area contributed by atoms with Crippen LogP contribution in [0.5, 0.6) is 0 Å². The Balaban J connectivity index is 1.68. The summed E-state index contributed by atoms with van der Waals surface area (Å²) in [5, 5.41) is 7.14. The monoisotopic (exact) mass is 351 g/mol. The van der Waals surface area contributed by atoms with Crippen LogP contribution in [-0.4, -0.2) is 75.2 Å². The van der Waals surface area contributed by atoms with Crippen molar-refractivity contribution in [2.75, 3.05) is 59.4 Å². The van der Waals surface area contributed by atoms with E-state index in [-0.39, 0.29) is 0 Å². The number of guanidine groups is 1. The van der Waals surface area contributed by atoms with Gasteiger partial charge in [-0.2, -0.15) is 0 Å². The highest BCUT2D eigenvalue weighted by Crippen LogP contribution is 2.42. The zero-order chi connectivity index (χ0) is 18.1. The molecule has 0 aromatic heterocycles. The number of nitrogens with one attached hydrogen (secondary N) is 2. The van der Waals surface area contributed by atoms with E-state index in [0.717, 1.165) is 31.5 Å². The minimum Gasteiger partial charge on any atom is -0.356 e. The Morgan fingerprint density at radius 3 is 2.24 bits per heavy atom. The lowest BCUT2D eigenvalue weighted by atomic mass is 9.78. The summed E-state index contributed by atoms with van der Waals surface area (Å²) in [5.41, 5.74) is 0.488. The topological polar surface area (TPSA) is 42.9 Å². The van der Waals surface area contributed by atoms with Crippen LogP contribution in [0.1, 0.15) is 52.9 Å². The van der Waals surface area contributed by atoms with E-state index in [1.54, 1.807) is 0 Å². The third kappa shape index (κ3) is 6.78. The predicted octanol–water partition coefficient (Wildman–Crippen LogP) is 2.40. The number of rotatable bonds is 8. The summed E-state index contributed by atoms with van der Waals surface area (Å²) < 4.78 is 0. The maximum Gasteiger partial charge on any atom is 0.191 e. The molecule has 0 radical (unpaired) electrons. The quantitative estimate of drug-likeness (QED) is 0.521. The molecule has 0 aromatic carbocycles. The Morgan fingerprint density at radius 2 is 1.68 bits per heavy atom. The lowest BCUT2D eigenvalue weighted by molar-refractivity contribution is 0.139. The van der Waals surface area contributed by atoms with E-state index in [2.05, 4.69) is 46.2 Å². The molecule has 2 N–H and O–H groups in total. The molecule has 1 aliphatic carbocycles. The fraction of sp³-hybridized carbons (Fsp3) is 0.950. The highest BCUT2D eigenvalue weighted by molar-refractivity contribution is 5.79. The van der Waals surface area contributed by atoms with Gasteiger partial charge >= 0.3 is 0 Å². The smallest absolute Gasteiger partial charge is 0.191 e. The van der Waals surface area contributed by atoms with Gasteiger partial charge in [-0.25, -0.2) is 0 Å². The van der Waals surface area contributed by atoms with Gasteiger partial charge in [0.05, 0.1) is 0 Å². The van der Waals surface area contributed by atoms with Crippen LogP contribution < -0.4 is 10.6 Å². The largest absolute Gasteiger partial charge is 0.356 e. The molecule has 1 heterocycles. The van der Waals surface area contributed by atoms with Crippen molar-refractivity contribution >= 4 is 5.96 Å². The summed E-state index contributed by atoms with van der Waals surface area (Å²) >= 11 is 0. The average Bonchev–Trinajstić information content (AvgIpc) is 3.06. The molecule has 1 saturated heterocycles. The van der Waals surface area contributed by atoms with Gasteiger partial charge in [0.2, 0.25) is 0 Å². The van der Waals surface area contributed by atoms with Crippen LogP contribution >= 0.6 is 0 Å². The molecule has 5 heteroatoms. The molecular weight excluding hydrogens is 310 g/mol. The highest BCUT2D eigenvalue weighted by atomic mass is 15.3. The van der Waals surface area contributed by atoms with Crippen molar-refractivity contribution in [1.82, 2.24) is 20.4 Å². The molecular formula is C20H41N5. The minimum absolute atomic E-state index is 0.488. The highest BCUT2D eigenvalue weighted by Gasteiger charge is 2.34. The van der Waals surface area contributed by atoms with E-state index >= 15 is 0 Å². The van der Waals surface area contributed by atoms with E-state index in [9.17, 15) is 0 Å². The van der Waals surface area contributed by atoms with Crippen molar-refractivity contribution in [2.24, 2.45) is 16.3 Å². The molecule has 0 aromatic rings. The van der Waals surface area contributed by atoms with Gasteiger partial charge in [0.1, 0.15) is 0 Å². The van der Waals surface area contributed by atoms with Gasteiger partial charge in [-0.15, -0.1) is 0 Å². The fourth-order valence-corrected chi connectivity index (χ4v) is 4.60.